The minimum Gasteiger partial charge on any atom is -0.493 e. The first-order chi connectivity index (χ1) is 18.4. The predicted octanol–water partition coefficient (Wildman–Crippen LogP) is 6.15. The summed E-state index contributed by atoms with van der Waals surface area (Å²) in [4.78, 5) is 31.8. The summed E-state index contributed by atoms with van der Waals surface area (Å²) in [5, 5.41) is 5.03. The van der Waals surface area contributed by atoms with Crippen LogP contribution in [-0.4, -0.2) is 55.1 Å². The van der Waals surface area contributed by atoms with Gasteiger partial charge in [0.2, 0.25) is 5.91 Å². The minimum absolute atomic E-state index is 0.00897. The average Bonchev–Trinajstić information content (AvgIpc) is 3.40. The van der Waals surface area contributed by atoms with Gasteiger partial charge in [0.1, 0.15) is 13.2 Å². The van der Waals surface area contributed by atoms with Crippen LogP contribution in [0.1, 0.15) is 42.3 Å². The fourth-order valence-corrected chi connectivity index (χ4v) is 5.47. The molecule has 0 saturated carbocycles. The van der Waals surface area contributed by atoms with E-state index < -0.39 is 0 Å². The van der Waals surface area contributed by atoms with Gasteiger partial charge in [-0.05, 0) is 67.0 Å². The zero-order chi connectivity index (χ0) is 27.1. The van der Waals surface area contributed by atoms with Crippen LogP contribution in [-0.2, 0) is 11.2 Å². The highest BCUT2D eigenvalue weighted by atomic mass is 32.1. The van der Waals surface area contributed by atoms with Crippen LogP contribution in [0.25, 0.3) is 0 Å². The fourth-order valence-electron chi connectivity index (χ4n) is 4.54. The Hall–Kier alpha value is -3.52. The normalized spacial score (nSPS) is 14.7. The smallest absolute Gasteiger partial charge is 0.322 e. The Labute approximate surface area is 229 Å². The summed E-state index contributed by atoms with van der Waals surface area (Å²) in [6.45, 7) is 7.64. The van der Waals surface area contributed by atoms with Crippen molar-refractivity contribution in [3.63, 3.8) is 0 Å². The van der Waals surface area contributed by atoms with E-state index in [1.807, 2.05) is 60.4 Å². The number of rotatable bonds is 10. The first-order valence-corrected chi connectivity index (χ1v) is 14.0. The molecule has 0 aliphatic carbocycles. The van der Waals surface area contributed by atoms with Gasteiger partial charge in [-0.25, -0.2) is 4.79 Å². The number of anilines is 1. The molecular weight excluding hydrogens is 498 g/mol. The van der Waals surface area contributed by atoms with Crippen molar-refractivity contribution < 1.29 is 19.1 Å². The number of nitrogens with zero attached hydrogens (tertiary/aromatic N) is 2. The van der Waals surface area contributed by atoms with Crippen LogP contribution in [0.2, 0.25) is 0 Å². The third-order valence-corrected chi connectivity index (χ3v) is 7.77. The van der Waals surface area contributed by atoms with Crippen LogP contribution in [0.5, 0.6) is 11.5 Å². The van der Waals surface area contributed by atoms with Crippen molar-refractivity contribution in [1.29, 1.82) is 0 Å². The van der Waals surface area contributed by atoms with Gasteiger partial charge in [-0.15, -0.1) is 11.3 Å². The number of thiophene rings is 1. The molecule has 1 atom stereocenters. The molecule has 8 heteroatoms. The molecule has 0 bridgehead atoms. The molecule has 1 unspecified atom stereocenters. The SMILES string of the molecule is COc1ccccc1OCC1c2ccsc2CCN1C(=O)CN(CCC(C)C)C(=O)Nc1ccc(C)cc1. The standard InChI is InChI=1S/C30H37N3O4S/c1-21(2)13-16-32(30(35)31-23-11-9-22(3)10-12-23)19-29(34)33-17-14-28-24(15-18-38-28)25(33)20-37-27-8-6-5-7-26(27)36-4/h5-12,15,18,21,25H,13-14,16-17,19-20H2,1-4H3,(H,31,35). The maximum Gasteiger partial charge on any atom is 0.322 e. The topological polar surface area (TPSA) is 71.1 Å². The van der Waals surface area contributed by atoms with Gasteiger partial charge in [-0.3, -0.25) is 4.79 Å². The predicted molar refractivity (Wildman–Crippen MR) is 152 cm³/mol. The number of ether oxygens (including phenoxy) is 2. The molecule has 1 aliphatic rings. The number of hydrogen-bond donors (Lipinski definition) is 1. The summed E-state index contributed by atoms with van der Waals surface area (Å²) in [5.41, 5.74) is 2.95. The Morgan fingerprint density at radius 3 is 2.55 bits per heavy atom. The van der Waals surface area contributed by atoms with Gasteiger partial charge >= 0.3 is 6.03 Å². The highest BCUT2D eigenvalue weighted by molar-refractivity contribution is 7.10. The highest BCUT2D eigenvalue weighted by Gasteiger charge is 2.33. The molecule has 0 radical (unpaired) electrons. The lowest BCUT2D eigenvalue weighted by Gasteiger charge is -2.37. The zero-order valence-electron chi connectivity index (χ0n) is 22.6. The lowest BCUT2D eigenvalue weighted by atomic mass is 10.0. The number of benzene rings is 2. The molecule has 3 amide bonds. The van der Waals surface area contributed by atoms with Crippen molar-refractivity contribution in [2.75, 3.05) is 38.7 Å². The van der Waals surface area contributed by atoms with E-state index in [4.69, 9.17) is 9.47 Å². The molecule has 1 aliphatic heterocycles. The third-order valence-electron chi connectivity index (χ3n) is 6.77. The highest BCUT2D eigenvalue weighted by Crippen LogP contribution is 2.35. The van der Waals surface area contributed by atoms with Crippen molar-refractivity contribution in [2.45, 2.75) is 39.7 Å². The lowest BCUT2D eigenvalue weighted by Crippen LogP contribution is -2.49. The molecule has 0 fully saturated rings. The van der Waals surface area contributed by atoms with Crippen LogP contribution in [0.15, 0.2) is 60.0 Å². The fraction of sp³-hybridized carbons (Fsp3) is 0.400. The molecule has 1 aromatic heterocycles. The molecule has 0 spiro atoms. The number of hydrogen-bond acceptors (Lipinski definition) is 5. The number of amides is 3. The van der Waals surface area contributed by atoms with Crippen molar-refractivity contribution in [3.8, 4) is 11.5 Å². The van der Waals surface area contributed by atoms with Crippen LogP contribution in [0.3, 0.4) is 0 Å². The van der Waals surface area contributed by atoms with E-state index in [1.54, 1.807) is 23.3 Å². The average molecular weight is 536 g/mol. The van der Waals surface area contributed by atoms with E-state index in [0.717, 1.165) is 24.0 Å². The minimum atomic E-state index is -0.266. The number of carbonyl (C=O) groups excluding carboxylic acids is 2. The molecule has 38 heavy (non-hydrogen) atoms. The van der Waals surface area contributed by atoms with Gasteiger partial charge in [-0.1, -0.05) is 43.7 Å². The van der Waals surface area contributed by atoms with Crippen LogP contribution < -0.4 is 14.8 Å². The van der Waals surface area contributed by atoms with Gasteiger partial charge in [0.05, 0.1) is 13.2 Å². The maximum atomic E-state index is 13.8. The summed E-state index contributed by atoms with van der Waals surface area (Å²) in [5.74, 6) is 1.61. The second-order valence-corrected chi connectivity index (χ2v) is 11.0. The van der Waals surface area contributed by atoms with Gasteiger partial charge in [-0.2, -0.15) is 0 Å². The summed E-state index contributed by atoms with van der Waals surface area (Å²) in [7, 11) is 1.61. The molecule has 0 saturated heterocycles. The Morgan fingerprint density at radius 1 is 1.11 bits per heavy atom. The number of carbonyl (C=O) groups is 2. The molecule has 1 N–H and O–H groups in total. The summed E-state index contributed by atoms with van der Waals surface area (Å²) in [6.07, 6.45) is 1.61. The zero-order valence-corrected chi connectivity index (χ0v) is 23.4. The van der Waals surface area contributed by atoms with E-state index >= 15 is 0 Å². The third kappa shape index (κ3) is 6.86. The Morgan fingerprint density at radius 2 is 1.84 bits per heavy atom. The Kier molecular flexibility index (Phi) is 9.29. The number of aryl methyl sites for hydroxylation is 1. The Balaban J connectivity index is 1.50. The largest absolute Gasteiger partial charge is 0.493 e. The number of fused-ring (bicyclic) bond motifs is 1. The van der Waals surface area contributed by atoms with E-state index in [0.29, 0.717) is 42.8 Å². The summed E-state index contributed by atoms with van der Waals surface area (Å²) < 4.78 is 11.6. The summed E-state index contributed by atoms with van der Waals surface area (Å²) in [6, 6.07) is 16.8. The molecule has 2 heterocycles. The quantitative estimate of drug-likeness (QED) is 0.338. The molecule has 3 aromatic rings. The monoisotopic (exact) mass is 535 g/mol. The van der Waals surface area contributed by atoms with Gasteiger partial charge in [0.15, 0.2) is 11.5 Å². The van der Waals surface area contributed by atoms with E-state index in [2.05, 4.69) is 30.6 Å². The van der Waals surface area contributed by atoms with Crippen molar-refractivity contribution in [1.82, 2.24) is 9.80 Å². The molecule has 202 valence electrons. The van der Waals surface area contributed by atoms with Crippen LogP contribution in [0, 0.1) is 12.8 Å². The summed E-state index contributed by atoms with van der Waals surface area (Å²) >= 11 is 1.71. The van der Waals surface area contributed by atoms with E-state index in [9.17, 15) is 9.59 Å². The van der Waals surface area contributed by atoms with Crippen molar-refractivity contribution in [2.24, 2.45) is 5.92 Å². The maximum absolute atomic E-state index is 13.8. The molecule has 7 nitrogen and oxygen atoms in total. The van der Waals surface area contributed by atoms with E-state index in [1.165, 1.54) is 4.88 Å². The molecule has 2 aromatic carbocycles. The van der Waals surface area contributed by atoms with Crippen molar-refractivity contribution >= 4 is 29.0 Å². The van der Waals surface area contributed by atoms with Gasteiger partial charge in [0, 0.05) is 23.7 Å². The van der Waals surface area contributed by atoms with Crippen LogP contribution >= 0.6 is 11.3 Å². The van der Waals surface area contributed by atoms with Crippen molar-refractivity contribution in [3.05, 3.63) is 76.0 Å². The number of para-hydroxylation sites is 2. The number of methoxy groups -OCH3 is 1. The first kappa shape index (κ1) is 27.5. The number of nitrogens with one attached hydrogen (secondary N) is 1. The van der Waals surface area contributed by atoms with Crippen LogP contribution in [0.4, 0.5) is 10.5 Å². The Bertz CT molecular complexity index is 1220. The van der Waals surface area contributed by atoms with E-state index in [-0.39, 0.29) is 24.5 Å². The second kappa shape index (κ2) is 12.8. The lowest BCUT2D eigenvalue weighted by molar-refractivity contribution is -0.135. The first-order valence-electron chi connectivity index (χ1n) is 13.1. The second-order valence-electron chi connectivity index (χ2n) is 10.0. The van der Waals surface area contributed by atoms with Gasteiger partial charge in [0.25, 0.3) is 0 Å². The number of urea groups is 1. The molecule has 4 rings (SSSR count). The van der Waals surface area contributed by atoms with Gasteiger partial charge < -0.3 is 24.6 Å². The molecular formula is C30H37N3O4S.